The van der Waals surface area contributed by atoms with Gasteiger partial charge in [0.25, 0.3) is 0 Å². The van der Waals surface area contributed by atoms with Crippen LogP contribution in [0.4, 0.5) is 5.69 Å². The van der Waals surface area contributed by atoms with Crippen LogP contribution < -0.4 is 5.32 Å². The van der Waals surface area contributed by atoms with Gasteiger partial charge < -0.3 is 5.32 Å². The number of rotatable bonds is 6. The SMILES string of the molecule is Cc1ccc(S(=O)(=O)N(C)CC(=O)Nc2ccccc2C(C)C)cc1. The van der Waals surface area contributed by atoms with Crippen molar-refractivity contribution in [2.75, 3.05) is 18.9 Å². The first-order valence-electron chi connectivity index (χ1n) is 8.13. The maximum atomic E-state index is 12.6. The number of sulfonamides is 1. The molecule has 0 fully saturated rings. The average molecular weight is 360 g/mol. The molecule has 0 heterocycles. The highest BCUT2D eigenvalue weighted by Gasteiger charge is 2.23. The first kappa shape index (κ1) is 19.1. The Hall–Kier alpha value is -2.18. The van der Waals surface area contributed by atoms with Crippen LogP contribution in [0.3, 0.4) is 0 Å². The summed E-state index contributed by atoms with van der Waals surface area (Å²) < 4.78 is 26.2. The standard InChI is InChI=1S/C19H24N2O3S/c1-14(2)17-7-5-6-8-18(17)20-19(22)13-21(4)25(23,24)16-11-9-15(3)10-12-16/h5-12,14H,13H2,1-4H3,(H,20,22). The number of benzene rings is 2. The van der Waals surface area contributed by atoms with Crippen LogP contribution in [0.15, 0.2) is 53.4 Å². The molecule has 25 heavy (non-hydrogen) atoms. The van der Waals surface area contributed by atoms with E-state index < -0.39 is 10.0 Å². The molecule has 0 aliphatic heterocycles. The molecule has 0 saturated heterocycles. The van der Waals surface area contributed by atoms with Gasteiger partial charge in [-0.25, -0.2) is 8.42 Å². The van der Waals surface area contributed by atoms with Gasteiger partial charge in [0.1, 0.15) is 0 Å². The van der Waals surface area contributed by atoms with E-state index in [1.54, 1.807) is 24.3 Å². The normalized spacial score (nSPS) is 11.8. The predicted octanol–water partition coefficient (Wildman–Crippen LogP) is 3.38. The fourth-order valence-corrected chi connectivity index (χ4v) is 3.61. The molecule has 0 saturated carbocycles. The molecule has 5 nitrogen and oxygen atoms in total. The smallest absolute Gasteiger partial charge is 0.243 e. The zero-order valence-corrected chi connectivity index (χ0v) is 15.8. The van der Waals surface area contributed by atoms with Gasteiger partial charge in [-0.1, -0.05) is 49.7 Å². The van der Waals surface area contributed by atoms with Crippen molar-refractivity contribution in [2.24, 2.45) is 0 Å². The van der Waals surface area contributed by atoms with Gasteiger partial charge in [0.05, 0.1) is 11.4 Å². The first-order valence-corrected chi connectivity index (χ1v) is 9.57. The number of carbonyl (C=O) groups is 1. The second-order valence-corrected chi connectivity index (χ2v) is 8.41. The summed E-state index contributed by atoms with van der Waals surface area (Å²) in [6.45, 7) is 5.72. The van der Waals surface area contributed by atoms with Crippen molar-refractivity contribution < 1.29 is 13.2 Å². The second-order valence-electron chi connectivity index (χ2n) is 6.36. The number of likely N-dealkylation sites (N-methyl/N-ethyl adjacent to an activating group) is 1. The molecule has 0 unspecified atom stereocenters. The third-order valence-corrected chi connectivity index (χ3v) is 5.77. The van der Waals surface area contributed by atoms with E-state index >= 15 is 0 Å². The zero-order chi connectivity index (χ0) is 18.6. The summed E-state index contributed by atoms with van der Waals surface area (Å²) >= 11 is 0. The minimum Gasteiger partial charge on any atom is -0.325 e. The molecule has 1 amide bonds. The first-order chi connectivity index (χ1) is 11.7. The van der Waals surface area contributed by atoms with Crippen molar-refractivity contribution in [3.8, 4) is 0 Å². The Morgan fingerprint density at radius 1 is 1.08 bits per heavy atom. The quantitative estimate of drug-likeness (QED) is 0.859. The predicted molar refractivity (Wildman–Crippen MR) is 100 cm³/mol. The van der Waals surface area contributed by atoms with Crippen molar-refractivity contribution in [2.45, 2.75) is 31.6 Å². The Balaban J connectivity index is 2.11. The molecule has 0 radical (unpaired) electrons. The van der Waals surface area contributed by atoms with Crippen molar-refractivity contribution in [3.05, 3.63) is 59.7 Å². The van der Waals surface area contributed by atoms with Crippen LogP contribution >= 0.6 is 0 Å². The number of amides is 1. The molecule has 0 aliphatic carbocycles. The molecule has 0 aliphatic rings. The maximum absolute atomic E-state index is 12.6. The fraction of sp³-hybridized carbons (Fsp3) is 0.316. The van der Waals surface area contributed by atoms with Gasteiger partial charge in [0.2, 0.25) is 15.9 Å². The molecule has 134 valence electrons. The number of anilines is 1. The van der Waals surface area contributed by atoms with Gasteiger partial charge in [0, 0.05) is 12.7 Å². The number of aryl methyl sites for hydroxylation is 1. The number of para-hydroxylation sites is 1. The van der Waals surface area contributed by atoms with Gasteiger partial charge in [-0.15, -0.1) is 0 Å². The maximum Gasteiger partial charge on any atom is 0.243 e. The number of nitrogens with zero attached hydrogens (tertiary/aromatic N) is 1. The lowest BCUT2D eigenvalue weighted by Crippen LogP contribution is -2.35. The Kier molecular flexibility index (Phi) is 5.98. The highest BCUT2D eigenvalue weighted by atomic mass is 32.2. The summed E-state index contributed by atoms with van der Waals surface area (Å²) in [4.78, 5) is 12.5. The van der Waals surface area contributed by atoms with Crippen LogP contribution in [0.2, 0.25) is 0 Å². The van der Waals surface area contributed by atoms with E-state index in [1.165, 1.54) is 7.05 Å². The zero-order valence-electron chi connectivity index (χ0n) is 15.0. The minimum absolute atomic E-state index is 0.177. The van der Waals surface area contributed by atoms with Gasteiger partial charge in [0.15, 0.2) is 0 Å². The van der Waals surface area contributed by atoms with Crippen molar-refractivity contribution in [3.63, 3.8) is 0 Å². The summed E-state index contributed by atoms with van der Waals surface area (Å²) in [6, 6.07) is 14.1. The Bertz CT molecular complexity index is 843. The Morgan fingerprint density at radius 3 is 2.28 bits per heavy atom. The lowest BCUT2D eigenvalue weighted by atomic mass is 10.0. The molecule has 2 aromatic carbocycles. The minimum atomic E-state index is -3.70. The van der Waals surface area contributed by atoms with Crippen molar-refractivity contribution >= 4 is 21.6 Å². The van der Waals surface area contributed by atoms with Crippen LogP contribution in [0.1, 0.15) is 30.9 Å². The molecule has 0 atom stereocenters. The second kappa shape index (κ2) is 7.80. The highest BCUT2D eigenvalue weighted by Crippen LogP contribution is 2.23. The van der Waals surface area contributed by atoms with E-state index in [0.717, 1.165) is 15.4 Å². The van der Waals surface area contributed by atoms with Gasteiger partial charge in [-0.05, 0) is 36.6 Å². The lowest BCUT2D eigenvalue weighted by Gasteiger charge is -2.18. The number of nitrogens with one attached hydrogen (secondary N) is 1. The summed E-state index contributed by atoms with van der Waals surface area (Å²) in [6.07, 6.45) is 0. The average Bonchev–Trinajstić information content (AvgIpc) is 2.55. The Morgan fingerprint density at radius 2 is 1.68 bits per heavy atom. The van der Waals surface area contributed by atoms with E-state index in [0.29, 0.717) is 5.69 Å². The topological polar surface area (TPSA) is 66.5 Å². The van der Waals surface area contributed by atoms with E-state index in [9.17, 15) is 13.2 Å². The van der Waals surface area contributed by atoms with E-state index in [-0.39, 0.29) is 23.3 Å². The number of hydrogen-bond donors (Lipinski definition) is 1. The molecular weight excluding hydrogens is 336 g/mol. The Labute approximate surface area is 149 Å². The molecule has 0 aromatic heterocycles. The van der Waals surface area contributed by atoms with E-state index in [1.807, 2.05) is 45.0 Å². The van der Waals surface area contributed by atoms with E-state index in [4.69, 9.17) is 0 Å². The summed E-state index contributed by atoms with van der Waals surface area (Å²) in [5.41, 5.74) is 2.70. The van der Waals surface area contributed by atoms with Crippen LogP contribution in [0.25, 0.3) is 0 Å². The third kappa shape index (κ3) is 4.67. The molecule has 1 N–H and O–H groups in total. The molecule has 2 rings (SSSR count). The van der Waals surface area contributed by atoms with Crippen LogP contribution in [0, 0.1) is 6.92 Å². The van der Waals surface area contributed by atoms with Crippen molar-refractivity contribution in [1.29, 1.82) is 0 Å². The van der Waals surface area contributed by atoms with Gasteiger partial charge in [-0.3, -0.25) is 4.79 Å². The van der Waals surface area contributed by atoms with Crippen LogP contribution in [-0.4, -0.2) is 32.2 Å². The summed E-state index contributed by atoms with van der Waals surface area (Å²) in [5, 5.41) is 2.81. The van der Waals surface area contributed by atoms with Crippen LogP contribution in [-0.2, 0) is 14.8 Å². The van der Waals surface area contributed by atoms with Gasteiger partial charge in [-0.2, -0.15) is 4.31 Å². The fourth-order valence-electron chi connectivity index (χ4n) is 2.48. The molecule has 0 bridgehead atoms. The van der Waals surface area contributed by atoms with Gasteiger partial charge >= 0.3 is 0 Å². The number of hydrogen-bond acceptors (Lipinski definition) is 3. The monoisotopic (exact) mass is 360 g/mol. The van der Waals surface area contributed by atoms with Crippen molar-refractivity contribution in [1.82, 2.24) is 4.31 Å². The summed E-state index contributed by atoms with van der Waals surface area (Å²) in [7, 11) is -2.29. The molecule has 6 heteroatoms. The third-order valence-electron chi connectivity index (χ3n) is 3.95. The van der Waals surface area contributed by atoms with E-state index in [2.05, 4.69) is 5.32 Å². The molecule has 2 aromatic rings. The largest absolute Gasteiger partial charge is 0.325 e. The molecular formula is C19H24N2O3S. The number of carbonyl (C=O) groups excluding carboxylic acids is 1. The highest BCUT2D eigenvalue weighted by molar-refractivity contribution is 7.89. The lowest BCUT2D eigenvalue weighted by molar-refractivity contribution is -0.116. The summed E-state index contributed by atoms with van der Waals surface area (Å²) in [5.74, 6) is -0.114. The molecule has 0 spiro atoms. The van der Waals surface area contributed by atoms with Crippen LogP contribution in [0.5, 0.6) is 0 Å².